The average molecular weight is 526 g/mol. The molecular weight excluding hydrogens is 499 g/mol. The normalized spacial score (nSPS) is 13.1. The molecule has 0 aliphatic heterocycles. The van der Waals surface area contributed by atoms with Crippen molar-refractivity contribution < 1.29 is 22.8 Å². The van der Waals surface area contributed by atoms with Crippen LogP contribution in [-0.2, 0) is 11.0 Å². The summed E-state index contributed by atoms with van der Waals surface area (Å²) in [6.45, 7) is 3.84. The number of benzene rings is 2. The predicted octanol–water partition coefficient (Wildman–Crippen LogP) is 5.72. The van der Waals surface area contributed by atoms with Crippen molar-refractivity contribution in [2.75, 3.05) is 21.3 Å². The SMILES string of the molecule is CC(C)Nc1ncnc(NC(=O)C2CC2)c1C(=N)c1ccc(NC(=O)Nc2cccc(C(F)(F)F)c2)cc1. The summed E-state index contributed by atoms with van der Waals surface area (Å²) in [4.78, 5) is 33.2. The second kappa shape index (κ2) is 10.9. The number of rotatable bonds is 8. The van der Waals surface area contributed by atoms with Crippen LogP contribution in [0.2, 0.25) is 0 Å². The molecule has 1 fully saturated rings. The molecule has 38 heavy (non-hydrogen) atoms. The maximum absolute atomic E-state index is 12.9. The van der Waals surface area contributed by atoms with Crippen LogP contribution in [0.4, 0.5) is 41.0 Å². The Morgan fingerprint density at radius 1 is 0.947 bits per heavy atom. The second-order valence-corrected chi connectivity index (χ2v) is 9.12. The summed E-state index contributed by atoms with van der Waals surface area (Å²) < 4.78 is 38.7. The van der Waals surface area contributed by atoms with Crippen molar-refractivity contribution in [1.82, 2.24) is 9.97 Å². The molecule has 1 saturated carbocycles. The van der Waals surface area contributed by atoms with Crippen LogP contribution in [0.15, 0.2) is 54.9 Å². The topological polar surface area (TPSA) is 132 Å². The lowest BCUT2D eigenvalue weighted by molar-refractivity contribution is -0.137. The molecule has 9 nitrogen and oxygen atoms in total. The molecule has 4 rings (SSSR count). The van der Waals surface area contributed by atoms with Gasteiger partial charge in [-0.25, -0.2) is 14.8 Å². The summed E-state index contributed by atoms with van der Waals surface area (Å²) in [5.41, 5.74) is 0.335. The van der Waals surface area contributed by atoms with Gasteiger partial charge in [0.25, 0.3) is 0 Å². The van der Waals surface area contributed by atoms with Gasteiger partial charge in [0.15, 0.2) is 0 Å². The first kappa shape index (κ1) is 26.6. The number of hydrogen-bond donors (Lipinski definition) is 5. The first-order chi connectivity index (χ1) is 18.0. The van der Waals surface area contributed by atoms with E-state index < -0.39 is 17.8 Å². The van der Waals surface area contributed by atoms with Gasteiger partial charge in [-0.3, -0.25) is 10.2 Å². The smallest absolute Gasteiger partial charge is 0.367 e. The molecular formula is C26H26F3N7O2. The number of amides is 3. The van der Waals surface area contributed by atoms with E-state index in [4.69, 9.17) is 5.41 Å². The van der Waals surface area contributed by atoms with E-state index in [-0.39, 0.29) is 35.1 Å². The average Bonchev–Trinajstić information content (AvgIpc) is 3.69. The van der Waals surface area contributed by atoms with Gasteiger partial charge in [0.2, 0.25) is 5.91 Å². The zero-order valence-corrected chi connectivity index (χ0v) is 20.6. The van der Waals surface area contributed by atoms with Crippen molar-refractivity contribution in [3.8, 4) is 0 Å². The number of urea groups is 1. The second-order valence-electron chi connectivity index (χ2n) is 9.12. The fourth-order valence-corrected chi connectivity index (χ4v) is 3.60. The maximum atomic E-state index is 12.9. The largest absolute Gasteiger partial charge is 0.416 e. The van der Waals surface area contributed by atoms with Crippen LogP contribution in [0.3, 0.4) is 0 Å². The molecule has 0 bridgehead atoms. The molecule has 2 aromatic carbocycles. The van der Waals surface area contributed by atoms with Crippen LogP contribution in [0.25, 0.3) is 0 Å². The Morgan fingerprint density at radius 3 is 2.24 bits per heavy atom. The highest BCUT2D eigenvalue weighted by Crippen LogP contribution is 2.32. The summed E-state index contributed by atoms with van der Waals surface area (Å²) >= 11 is 0. The number of carbonyl (C=O) groups excluding carboxylic acids is 2. The Morgan fingerprint density at radius 2 is 1.61 bits per heavy atom. The Hall–Kier alpha value is -4.48. The molecule has 0 unspecified atom stereocenters. The van der Waals surface area contributed by atoms with Gasteiger partial charge in [-0.05, 0) is 57.0 Å². The van der Waals surface area contributed by atoms with E-state index >= 15 is 0 Å². The highest BCUT2D eigenvalue weighted by molar-refractivity contribution is 6.17. The van der Waals surface area contributed by atoms with E-state index in [1.54, 1.807) is 24.3 Å². The van der Waals surface area contributed by atoms with Crippen molar-refractivity contribution in [2.45, 2.75) is 38.9 Å². The fraction of sp³-hybridized carbons (Fsp3) is 0.269. The number of carbonyl (C=O) groups is 2. The molecule has 3 aromatic rings. The molecule has 1 aliphatic carbocycles. The van der Waals surface area contributed by atoms with Crippen LogP contribution >= 0.6 is 0 Å². The number of aromatic nitrogens is 2. The number of nitrogens with one attached hydrogen (secondary N) is 5. The van der Waals surface area contributed by atoms with Gasteiger partial charge in [-0.1, -0.05) is 18.2 Å². The molecule has 1 aliphatic rings. The maximum Gasteiger partial charge on any atom is 0.416 e. The van der Waals surface area contributed by atoms with Crippen LogP contribution in [0, 0.1) is 11.3 Å². The van der Waals surface area contributed by atoms with Crippen molar-refractivity contribution in [3.63, 3.8) is 0 Å². The summed E-state index contributed by atoms with van der Waals surface area (Å²) in [5, 5.41) is 19.7. The molecule has 0 spiro atoms. The first-order valence-corrected chi connectivity index (χ1v) is 11.9. The van der Waals surface area contributed by atoms with Gasteiger partial charge in [0, 0.05) is 28.9 Å². The van der Waals surface area contributed by atoms with Gasteiger partial charge < -0.3 is 21.3 Å². The summed E-state index contributed by atoms with van der Waals surface area (Å²) in [6.07, 6.45) is -1.57. The van der Waals surface area contributed by atoms with Crippen molar-refractivity contribution >= 4 is 40.7 Å². The van der Waals surface area contributed by atoms with Gasteiger partial charge in [-0.15, -0.1) is 0 Å². The Balaban J connectivity index is 1.50. The number of halogens is 3. The van der Waals surface area contributed by atoms with Crippen LogP contribution in [0.5, 0.6) is 0 Å². The summed E-state index contributed by atoms with van der Waals surface area (Å²) in [5.74, 6) is 0.419. The van der Waals surface area contributed by atoms with E-state index in [0.717, 1.165) is 25.0 Å². The zero-order valence-electron chi connectivity index (χ0n) is 20.6. The van der Waals surface area contributed by atoms with Gasteiger partial charge in [0.1, 0.15) is 18.0 Å². The highest BCUT2D eigenvalue weighted by atomic mass is 19.4. The van der Waals surface area contributed by atoms with E-state index in [1.165, 1.54) is 18.5 Å². The van der Waals surface area contributed by atoms with E-state index in [9.17, 15) is 22.8 Å². The molecule has 12 heteroatoms. The van der Waals surface area contributed by atoms with Gasteiger partial charge >= 0.3 is 12.2 Å². The zero-order chi connectivity index (χ0) is 27.4. The van der Waals surface area contributed by atoms with E-state index in [2.05, 4.69) is 31.2 Å². The first-order valence-electron chi connectivity index (χ1n) is 11.9. The predicted molar refractivity (Wildman–Crippen MR) is 139 cm³/mol. The lowest BCUT2D eigenvalue weighted by Gasteiger charge is -2.18. The van der Waals surface area contributed by atoms with Crippen molar-refractivity contribution in [3.05, 3.63) is 71.5 Å². The Kier molecular flexibility index (Phi) is 7.60. The number of anilines is 4. The van der Waals surface area contributed by atoms with E-state index in [0.29, 0.717) is 22.6 Å². The monoisotopic (exact) mass is 525 g/mol. The molecule has 0 atom stereocenters. The van der Waals surface area contributed by atoms with Crippen LogP contribution in [-0.4, -0.2) is 33.7 Å². The minimum absolute atomic E-state index is 0.00495. The molecule has 0 radical (unpaired) electrons. The molecule has 3 amide bonds. The summed E-state index contributed by atoms with van der Waals surface area (Å²) in [7, 11) is 0. The van der Waals surface area contributed by atoms with Gasteiger partial charge in [-0.2, -0.15) is 13.2 Å². The number of hydrogen-bond acceptors (Lipinski definition) is 6. The number of alkyl halides is 3. The van der Waals surface area contributed by atoms with Crippen molar-refractivity contribution in [1.29, 1.82) is 5.41 Å². The lowest BCUT2D eigenvalue weighted by atomic mass is 10.0. The molecule has 1 heterocycles. The minimum Gasteiger partial charge on any atom is -0.367 e. The third-order valence-corrected chi connectivity index (χ3v) is 5.59. The Labute approximate surface area is 216 Å². The summed E-state index contributed by atoms with van der Waals surface area (Å²) in [6, 6.07) is 9.89. The third kappa shape index (κ3) is 6.64. The highest BCUT2D eigenvalue weighted by Gasteiger charge is 2.32. The molecule has 198 valence electrons. The van der Waals surface area contributed by atoms with Crippen LogP contribution in [0.1, 0.15) is 43.4 Å². The van der Waals surface area contributed by atoms with Crippen molar-refractivity contribution in [2.24, 2.45) is 5.92 Å². The molecule has 1 aromatic heterocycles. The molecule has 0 saturated heterocycles. The van der Waals surface area contributed by atoms with Crippen LogP contribution < -0.4 is 21.3 Å². The molecule has 5 N–H and O–H groups in total. The van der Waals surface area contributed by atoms with Gasteiger partial charge in [0.05, 0.1) is 16.8 Å². The minimum atomic E-state index is -4.52. The lowest BCUT2D eigenvalue weighted by Crippen LogP contribution is -2.22. The number of nitrogens with zero attached hydrogens (tertiary/aromatic N) is 2. The Bertz CT molecular complexity index is 1350. The fourth-order valence-electron chi connectivity index (χ4n) is 3.60. The third-order valence-electron chi connectivity index (χ3n) is 5.59. The quantitative estimate of drug-likeness (QED) is 0.240. The standard InChI is InChI=1S/C26H26F3N7O2/c1-14(2)33-22-20(23(32-13-31-22)36-24(37)16-6-7-16)21(30)15-8-10-18(11-9-15)34-25(38)35-19-5-3-4-17(12-19)26(27,28)29/h3-5,8-14,16,30H,6-7H2,1-2H3,(H2,34,35,38)(H2,31,32,33,36,37). The van der Waals surface area contributed by atoms with E-state index in [1.807, 2.05) is 13.8 Å².